The maximum absolute atomic E-state index is 12.5. The van der Waals surface area contributed by atoms with Crippen LogP contribution in [-0.4, -0.2) is 48.4 Å². The number of carbonyl (C=O) groups excluding carboxylic acids is 1. The average molecular weight is 285 g/mol. The van der Waals surface area contributed by atoms with E-state index in [-0.39, 0.29) is 5.91 Å². The molecule has 1 aliphatic heterocycles. The summed E-state index contributed by atoms with van der Waals surface area (Å²) in [5.41, 5.74) is 0. The van der Waals surface area contributed by atoms with Gasteiger partial charge in [0.1, 0.15) is 0 Å². The first-order valence-electron chi connectivity index (χ1n) is 6.65. The fourth-order valence-corrected chi connectivity index (χ4v) is 3.48. The highest BCUT2D eigenvalue weighted by molar-refractivity contribution is 7.20. The van der Waals surface area contributed by atoms with Gasteiger partial charge in [-0.3, -0.25) is 9.69 Å². The molecule has 0 radical (unpaired) electrons. The fourth-order valence-electron chi connectivity index (χ4n) is 2.45. The molecule has 0 N–H and O–H groups in total. The lowest BCUT2D eigenvalue weighted by atomic mass is 10.2. The number of amides is 1. The van der Waals surface area contributed by atoms with Crippen LogP contribution in [0.15, 0.2) is 30.3 Å². The van der Waals surface area contributed by atoms with Gasteiger partial charge in [0, 0.05) is 30.9 Å². The van der Waals surface area contributed by atoms with Crippen molar-refractivity contribution < 1.29 is 4.79 Å². The van der Waals surface area contributed by atoms with E-state index in [1.165, 1.54) is 0 Å². The number of fused-ring (bicyclic) bond motifs is 1. The molecule has 1 aliphatic rings. The highest BCUT2D eigenvalue weighted by Crippen LogP contribution is 2.26. The van der Waals surface area contributed by atoms with Gasteiger partial charge in [-0.25, -0.2) is 0 Å². The highest BCUT2D eigenvalue weighted by atomic mass is 32.1. The standard InChI is InChI=1S/C15H15N3OS/c16-5-6-17-7-9-18(10-8-17)15(19)14-11-12-3-1-2-4-13(12)20-14/h1-4,11H,6-10H2. The Labute approximate surface area is 121 Å². The van der Waals surface area contributed by atoms with Crippen LogP contribution in [0.5, 0.6) is 0 Å². The van der Waals surface area contributed by atoms with Gasteiger partial charge >= 0.3 is 0 Å². The molecule has 1 aromatic carbocycles. The molecule has 0 spiro atoms. The smallest absolute Gasteiger partial charge is 0.264 e. The molecule has 4 nitrogen and oxygen atoms in total. The molecule has 1 fully saturated rings. The molecule has 1 saturated heterocycles. The maximum Gasteiger partial charge on any atom is 0.264 e. The van der Waals surface area contributed by atoms with Crippen LogP contribution in [0.2, 0.25) is 0 Å². The van der Waals surface area contributed by atoms with Gasteiger partial charge in [-0.2, -0.15) is 5.26 Å². The minimum Gasteiger partial charge on any atom is -0.335 e. The predicted molar refractivity (Wildman–Crippen MR) is 79.8 cm³/mol. The first-order chi connectivity index (χ1) is 9.78. The van der Waals surface area contributed by atoms with Crippen LogP contribution in [0, 0.1) is 11.3 Å². The number of hydrogen-bond donors (Lipinski definition) is 0. The molecule has 102 valence electrons. The summed E-state index contributed by atoms with van der Waals surface area (Å²) in [5, 5.41) is 9.81. The Balaban J connectivity index is 1.72. The molecule has 2 aromatic rings. The molecule has 2 heterocycles. The highest BCUT2D eigenvalue weighted by Gasteiger charge is 2.23. The Morgan fingerprint density at radius 2 is 2.00 bits per heavy atom. The van der Waals surface area contributed by atoms with Gasteiger partial charge in [0.25, 0.3) is 5.91 Å². The van der Waals surface area contributed by atoms with Crippen molar-refractivity contribution in [3.05, 3.63) is 35.2 Å². The summed E-state index contributed by atoms with van der Waals surface area (Å²) >= 11 is 1.55. The molecule has 3 rings (SSSR count). The zero-order valence-electron chi connectivity index (χ0n) is 11.1. The molecule has 1 amide bonds. The fraction of sp³-hybridized carbons (Fsp3) is 0.333. The van der Waals surface area contributed by atoms with Crippen molar-refractivity contribution in [2.45, 2.75) is 0 Å². The molecule has 0 atom stereocenters. The van der Waals surface area contributed by atoms with Gasteiger partial charge in [0.2, 0.25) is 0 Å². The number of piperazine rings is 1. The van der Waals surface area contributed by atoms with Crippen LogP contribution in [-0.2, 0) is 0 Å². The van der Waals surface area contributed by atoms with Crippen LogP contribution in [0.1, 0.15) is 9.67 Å². The normalized spacial score (nSPS) is 16.2. The van der Waals surface area contributed by atoms with E-state index < -0.39 is 0 Å². The average Bonchev–Trinajstić information content (AvgIpc) is 2.91. The number of hydrogen-bond acceptors (Lipinski definition) is 4. The van der Waals surface area contributed by atoms with E-state index in [0.717, 1.165) is 28.1 Å². The van der Waals surface area contributed by atoms with Crippen LogP contribution in [0.3, 0.4) is 0 Å². The summed E-state index contributed by atoms with van der Waals surface area (Å²) in [5.74, 6) is 0.114. The largest absolute Gasteiger partial charge is 0.335 e. The molecular weight excluding hydrogens is 270 g/mol. The van der Waals surface area contributed by atoms with Crippen molar-refractivity contribution in [3.8, 4) is 6.07 Å². The van der Waals surface area contributed by atoms with Crippen LogP contribution >= 0.6 is 11.3 Å². The van der Waals surface area contributed by atoms with E-state index in [1.54, 1.807) is 11.3 Å². The minimum absolute atomic E-state index is 0.114. The first kappa shape index (κ1) is 13.1. The monoisotopic (exact) mass is 285 g/mol. The molecule has 0 saturated carbocycles. The summed E-state index contributed by atoms with van der Waals surface area (Å²) in [7, 11) is 0. The number of thiophene rings is 1. The van der Waals surface area contributed by atoms with Gasteiger partial charge in [0.05, 0.1) is 17.5 Å². The molecular formula is C15H15N3OS. The second-order valence-corrected chi connectivity index (χ2v) is 5.96. The summed E-state index contributed by atoms with van der Waals surface area (Å²) in [6.45, 7) is 3.42. The molecule has 20 heavy (non-hydrogen) atoms. The Bertz CT molecular complexity index is 632. The zero-order chi connectivity index (χ0) is 13.9. The molecule has 5 heteroatoms. The number of carbonyl (C=O) groups is 1. The summed E-state index contributed by atoms with van der Waals surface area (Å²) in [6, 6.07) is 12.2. The number of nitrogens with zero attached hydrogens (tertiary/aromatic N) is 3. The summed E-state index contributed by atoms with van der Waals surface area (Å²) < 4.78 is 1.15. The Kier molecular flexibility index (Phi) is 3.68. The minimum atomic E-state index is 0.114. The van der Waals surface area contributed by atoms with E-state index in [4.69, 9.17) is 5.26 Å². The van der Waals surface area contributed by atoms with Crippen molar-refractivity contribution in [2.75, 3.05) is 32.7 Å². The number of benzene rings is 1. The van der Waals surface area contributed by atoms with E-state index in [0.29, 0.717) is 19.6 Å². The van der Waals surface area contributed by atoms with E-state index in [2.05, 4.69) is 11.0 Å². The molecule has 0 bridgehead atoms. The van der Waals surface area contributed by atoms with Crippen LogP contribution < -0.4 is 0 Å². The third-order valence-corrected chi connectivity index (χ3v) is 4.69. The molecule has 0 aliphatic carbocycles. The van der Waals surface area contributed by atoms with Gasteiger partial charge < -0.3 is 4.90 Å². The Morgan fingerprint density at radius 3 is 2.70 bits per heavy atom. The van der Waals surface area contributed by atoms with Crippen molar-refractivity contribution in [2.24, 2.45) is 0 Å². The quantitative estimate of drug-likeness (QED) is 0.795. The predicted octanol–water partition coefficient (Wildman–Crippen LogP) is 2.18. The maximum atomic E-state index is 12.5. The lowest BCUT2D eigenvalue weighted by Gasteiger charge is -2.33. The first-order valence-corrected chi connectivity index (χ1v) is 7.47. The SMILES string of the molecule is N#CCN1CCN(C(=O)c2cc3ccccc3s2)CC1. The van der Waals surface area contributed by atoms with E-state index in [1.807, 2.05) is 35.2 Å². The third-order valence-electron chi connectivity index (χ3n) is 3.59. The van der Waals surface area contributed by atoms with Crippen molar-refractivity contribution >= 4 is 27.3 Å². The second kappa shape index (κ2) is 5.61. The van der Waals surface area contributed by atoms with Crippen LogP contribution in [0.4, 0.5) is 0 Å². The summed E-state index contributed by atoms with van der Waals surface area (Å²) in [6.07, 6.45) is 0. The van der Waals surface area contributed by atoms with Crippen molar-refractivity contribution in [3.63, 3.8) is 0 Å². The number of nitriles is 1. The van der Waals surface area contributed by atoms with Crippen LogP contribution in [0.25, 0.3) is 10.1 Å². The third kappa shape index (κ3) is 2.53. The van der Waals surface area contributed by atoms with E-state index in [9.17, 15) is 4.79 Å². The van der Waals surface area contributed by atoms with Crippen molar-refractivity contribution in [1.82, 2.24) is 9.80 Å². The number of rotatable bonds is 2. The lowest BCUT2D eigenvalue weighted by Crippen LogP contribution is -2.48. The Hall–Kier alpha value is -1.90. The second-order valence-electron chi connectivity index (χ2n) is 4.87. The lowest BCUT2D eigenvalue weighted by molar-refractivity contribution is 0.0656. The Morgan fingerprint density at radius 1 is 1.25 bits per heavy atom. The zero-order valence-corrected chi connectivity index (χ0v) is 11.9. The van der Waals surface area contributed by atoms with Gasteiger partial charge in [0.15, 0.2) is 0 Å². The molecule has 1 aromatic heterocycles. The van der Waals surface area contributed by atoms with Crippen molar-refractivity contribution in [1.29, 1.82) is 5.26 Å². The van der Waals surface area contributed by atoms with Gasteiger partial charge in [-0.1, -0.05) is 18.2 Å². The molecule has 0 unspecified atom stereocenters. The summed E-state index contributed by atoms with van der Waals surface area (Å²) in [4.78, 5) is 17.3. The van der Waals surface area contributed by atoms with E-state index >= 15 is 0 Å². The van der Waals surface area contributed by atoms with Gasteiger partial charge in [-0.05, 0) is 17.5 Å². The topological polar surface area (TPSA) is 47.3 Å². The van der Waals surface area contributed by atoms with Gasteiger partial charge in [-0.15, -0.1) is 11.3 Å².